The number of anilines is 1. The van der Waals surface area contributed by atoms with Crippen molar-refractivity contribution in [3.05, 3.63) is 63.2 Å². The number of nitrogens with one attached hydrogen (secondary N) is 3. The van der Waals surface area contributed by atoms with Crippen LogP contribution in [0.5, 0.6) is 0 Å². The summed E-state index contributed by atoms with van der Waals surface area (Å²) < 4.78 is 5.41. The molecule has 106 valence electrons. The normalized spacial score (nSPS) is 10.5. The van der Waals surface area contributed by atoms with Gasteiger partial charge in [-0.05, 0) is 39.7 Å². The lowest BCUT2D eigenvalue weighted by Crippen LogP contribution is -2.11. The van der Waals surface area contributed by atoms with Crippen LogP contribution in [-0.2, 0) is 0 Å². The van der Waals surface area contributed by atoms with Crippen molar-refractivity contribution >= 4 is 27.5 Å². The Labute approximate surface area is 127 Å². The van der Waals surface area contributed by atoms with Crippen molar-refractivity contribution in [3.8, 4) is 11.3 Å². The molecule has 0 atom stereocenters. The molecular weight excluding hydrogens is 338 g/mol. The van der Waals surface area contributed by atoms with Gasteiger partial charge in [0.1, 0.15) is 0 Å². The maximum absolute atomic E-state index is 12.0. The summed E-state index contributed by atoms with van der Waals surface area (Å²) in [4.78, 5) is 23.1. The minimum atomic E-state index is -0.265. The van der Waals surface area contributed by atoms with Gasteiger partial charge in [0, 0.05) is 11.8 Å². The van der Waals surface area contributed by atoms with E-state index in [0.717, 1.165) is 5.56 Å². The lowest BCUT2D eigenvalue weighted by atomic mass is 10.1. The van der Waals surface area contributed by atoms with Crippen molar-refractivity contribution in [2.75, 3.05) is 5.32 Å². The maximum Gasteiger partial charge on any atom is 0.264 e. The van der Waals surface area contributed by atoms with Crippen LogP contribution in [0.4, 0.5) is 5.69 Å². The molecule has 0 bridgehead atoms. The Balaban J connectivity index is 1.77. The predicted octanol–water partition coefficient (Wildman–Crippen LogP) is 2.98. The van der Waals surface area contributed by atoms with Gasteiger partial charge in [0.2, 0.25) is 0 Å². The molecule has 0 aliphatic carbocycles. The minimum Gasteiger partial charge on any atom is -0.457 e. The number of aromatic amines is 2. The third-order valence-corrected chi connectivity index (χ3v) is 3.53. The van der Waals surface area contributed by atoms with E-state index >= 15 is 0 Å². The highest BCUT2D eigenvalue weighted by molar-refractivity contribution is 9.10. The largest absolute Gasteiger partial charge is 0.457 e. The van der Waals surface area contributed by atoms with Crippen LogP contribution in [0.15, 0.2) is 56.5 Å². The molecule has 6 nitrogen and oxygen atoms in total. The number of carbonyl (C=O) groups excluding carboxylic acids is 1. The quantitative estimate of drug-likeness (QED) is 0.680. The molecule has 3 aromatic rings. The summed E-state index contributed by atoms with van der Waals surface area (Å²) in [5.41, 5.74) is 2.42. The molecule has 0 unspecified atom stereocenters. The average molecular weight is 348 g/mol. The zero-order valence-electron chi connectivity index (χ0n) is 10.6. The standard InChI is InChI=1S/C14H10BrN3O3/c15-13-10(5-6-21-13)14(20)16-9-3-1-8(2-4-9)11-7-12(19)18-17-11/h1-7H,(H,16,20)(H2,17,18,19). The number of aromatic nitrogens is 2. The van der Waals surface area contributed by atoms with Crippen molar-refractivity contribution < 1.29 is 9.21 Å². The van der Waals surface area contributed by atoms with Crippen LogP contribution in [0.1, 0.15) is 10.4 Å². The highest BCUT2D eigenvalue weighted by Crippen LogP contribution is 2.21. The van der Waals surface area contributed by atoms with Gasteiger partial charge in [-0.3, -0.25) is 19.8 Å². The predicted molar refractivity (Wildman–Crippen MR) is 81.2 cm³/mol. The SMILES string of the molecule is O=C(Nc1ccc(-c2cc(=O)[nH][nH]2)cc1)c1ccoc1Br. The summed E-state index contributed by atoms with van der Waals surface area (Å²) in [6, 6.07) is 10.2. The van der Waals surface area contributed by atoms with Gasteiger partial charge in [-0.1, -0.05) is 12.1 Å². The van der Waals surface area contributed by atoms with Crippen LogP contribution in [0.25, 0.3) is 11.3 Å². The van der Waals surface area contributed by atoms with Crippen LogP contribution < -0.4 is 10.9 Å². The summed E-state index contributed by atoms with van der Waals surface area (Å²) in [5, 5.41) is 8.00. The fourth-order valence-electron chi connectivity index (χ4n) is 1.87. The van der Waals surface area contributed by atoms with Crippen molar-refractivity contribution in [2.45, 2.75) is 0 Å². The number of furan rings is 1. The fourth-order valence-corrected chi connectivity index (χ4v) is 2.30. The van der Waals surface area contributed by atoms with Crippen molar-refractivity contribution in [1.29, 1.82) is 0 Å². The number of rotatable bonds is 3. The molecular formula is C14H10BrN3O3. The molecule has 1 aromatic carbocycles. The van der Waals surface area contributed by atoms with Crippen LogP contribution in [-0.4, -0.2) is 16.1 Å². The first-order valence-electron chi connectivity index (χ1n) is 6.06. The van der Waals surface area contributed by atoms with Gasteiger partial charge in [-0.2, -0.15) is 0 Å². The maximum atomic E-state index is 12.0. The lowest BCUT2D eigenvalue weighted by Gasteiger charge is -2.05. The highest BCUT2D eigenvalue weighted by Gasteiger charge is 2.12. The lowest BCUT2D eigenvalue weighted by molar-refractivity contribution is 0.102. The minimum absolute atomic E-state index is 0.188. The first-order valence-corrected chi connectivity index (χ1v) is 6.85. The number of benzene rings is 1. The Bertz CT molecular complexity index is 830. The molecule has 3 N–H and O–H groups in total. The highest BCUT2D eigenvalue weighted by atomic mass is 79.9. The van der Waals surface area contributed by atoms with Gasteiger partial charge in [0.15, 0.2) is 4.67 Å². The smallest absolute Gasteiger partial charge is 0.264 e. The number of halogens is 1. The van der Waals surface area contributed by atoms with Gasteiger partial charge in [0.25, 0.3) is 11.5 Å². The van der Waals surface area contributed by atoms with Gasteiger partial charge in [-0.15, -0.1) is 0 Å². The van der Waals surface area contributed by atoms with Gasteiger partial charge in [0.05, 0.1) is 17.5 Å². The van der Waals surface area contributed by atoms with Gasteiger partial charge in [-0.25, -0.2) is 0 Å². The van der Waals surface area contributed by atoms with Gasteiger partial charge < -0.3 is 9.73 Å². The van der Waals surface area contributed by atoms with E-state index in [2.05, 4.69) is 31.4 Å². The van der Waals surface area contributed by atoms with E-state index in [1.54, 1.807) is 30.3 Å². The number of hydrogen-bond donors (Lipinski definition) is 3. The Morgan fingerprint density at radius 3 is 2.48 bits per heavy atom. The fraction of sp³-hybridized carbons (Fsp3) is 0. The average Bonchev–Trinajstić information content (AvgIpc) is 3.08. The van der Waals surface area contributed by atoms with Crippen molar-refractivity contribution in [1.82, 2.24) is 10.2 Å². The molecule has 21 heavy (non-hydrogen) atoms. The molecule has 0 aliphatic heterocycles. The molecule has 0 spiro atoms. The van der Waals surface area contributed by atoms with E-state index in [4.69, 9.17) is 4.42 Å². The number of H-pyrrole nitrogens is 2. The molecule has 7 heteroatoms. The number of hydrogen-bond acceptors (Lipinski definition) is 3. The third kappa shape index (κ3) is 2.82. The Hall–Kier alpha value is -2.54. The monoisotopic (exact) mass is 347 g/mol. The number of carbonyl (C=O) groups is 1. The second-order valence-corrected chi connectivity index (χ2v) is 5.03. The van der Waals surface area contributed by atoms with E-state index in [1.807, 2.05) is 0 Å². The third-order valence-electron chi connectivity index (χ3n) is 2.91. The first kappa shape index (κ1) is 13.4. The molecule has 3 rings (SSSR count). The van der Waals surface area contributed by atoms with Gasteiger partial charge >= 0.3 is 0 Å². The molecule has 2 aromatic heterocycles. The molecule has 2 heterocycles. The van der Waals surface area contributed by atoms with E-state index < -0.39 is 0 Å². The van der Waals surface area contributed by atoms with Crippen LogP contribution in [0.2, 0.25) is 0 Å². The van der Waals surface area contributed by atoms with E-state index in [-0.39, 0.29) is 11.5 Å². The molecule has 1 amide bonds. The van der Waals surface area contributed by atoms with Crippen LogP contribution >= 0.6 is 15.9 Å². The molecule has 0 saturated carbocycles. The Morgan fingerprint density at radius 1 is 1.14 bits per heavy atom. The summed E-state index contributed by atoms with van der Waals surface area (Å²) >= 11 is 3.16. The van der Waals surface area contributed by atoms with E-state index in [0.29, 0.717) is 21.6 Å². The molecule has 0 saturated heterocycles. The molecule has 0 fully saturated rings. The first-order chi connectivity index (χ1) is 10.1. The molecule has 0 aliphatic rings. The summed E-state index contributed by atoms with van der Waals surface area (Å²) in [6.45, 7) is 0. The van der Waals surface area contributed by atoms with E-state index in [1.165, 1.54) is 12.3 Å². The Morgan fingerprint density at radius 2 is 1.90 bits per heavy atom. The van der Waals surface area contributed by atoms with Crippen molar-refractivity contribution in [2.24, 2.45) is 0 Å². The summed E-state index contributed by atoms with van der Waals surface area (Å²) in [5.74, 6) is -0.265. The zero-order chi connectivity index (χ0) is 14.8. The number of amides is 1. The Kier molecular flexibility index (Phi) is 3.49. The van der Waals surface area contributed by atoms with Crippen LogP contribution in [0, 0.1) is 0 Å². The summed E-state index contributed by atoms with van der Waals surface area (Å²) in [6.07, 6.45) is 1.43. The topological polar surface area (TPSA) is 90.9 Å². The second-order valence-electron chi connectivity index (χ2n) is 4.31. The zero-order valence-corrected chi connectivity index (χ0v) is 12.2. The summed E-state index contributed by atoms with van der Waals surface area (Å²) in [7, 11) is 0. The van der Waals surface area contributed by atoms with E-state index in [9.17, 15) is 9.59 Å². The van der Waals surface area contributed by atoms with Crippen LogP contribution in [0.3, 0.4) is 0 Å². The van der Waals surface area contributed by atoms with Crippen molar-refractivity contribution in [3.63, 3.8) is 0 Å². The second kappa shape index (κ2) is 5.45. The molecule has 0 radical (unpaired) electrons.